The van der Waals surface area contributed by atoms with Crippen molar-refractivity contribution >= 4 is 27.5 Å². The number of rotatable bonds is 12. The normalized spacial score (nSPS) is 12.2. The maximum atomic E-state index is 14.0. The van der Waals surface area contributed by atoms with E-state index in [1.807, 2.05) is 58.9 Å². The molecule has 0 fully saturated rings. The molecule has 0 aliphatic carbocycles. The molecule has 3 aromatic carbocycles. The molecular weight excluding hydrogens is 510 g/mol. The average Bonchev–Trinajstić information content (AvgIpc) is 2.91. The van der Waals surface area contributed by atoms with Crippen LogP contribution in [-0.4, -0.2) is 44.3 Å². The molecule has 0 radical (unpaired) electrons. The van der Waals surface area contributed by atoms with E-state index >= 15 is 0 Å². The molecular formula is C31H39N3O4S. The molecule has 0 aromatic heterocycles. The first-order valence-electron chi connectivity index (χ1n) is 13.3. The number of amides is 2. The van der Waals surface area contributed by atoms with Crippen LogP contribution in [0.5, 0.6) is 0 Å². The largest absolute Gasteiger partial charge is 0.354 e. The highest BCUT2D eigenvalue weighted by molar-refractivity contribution is 7.92. The van der Waals surface area contributed by atoms with Gasteiger partial charge >= 0.3 is 0 Å². The third-order valence-corrected chi connectivity index (χ3v) is 8.23. The monoisotopic (exact) mass is 549 g/mol. The molecule has 39 heavy (non-hydrogen) atoms. The smallest absolute Gasteiger partial charge is 0.264 e. The van der Waals surface area contributed by atoms with Gasteiger partial charge in [0.05, 0.1) is 10.6 Å². The van der Waals surface area contributed by atoms with Crippen molar-refractivity contribution in [2.45, 2.75) is 58.5 Å². The summed E-state index contributed by atoms with van der Waals surface area (Å²) in [5.41, 5.74) is 3.20. The Balaban J connectivity index is 2.02. The number of aryl methyl sites for hydroxylation is 2. The highest BCUT2D eigenvalue weighted by atomic mass is 32.2. The molecule has 3 aromatic rings. The number of sulfonamides is 1. The average molecular weight is 550 g/mol. The van der Waals surface area contributed by atoms with Gasteiger partial charge in [-0.15, -0.1) is 0 Å². The Hall–Kier alpha value is -3.65. The van der Waals surface area contributed by atoms with Crippen LogP contribution in [-0.2, 0) is 26.2 Å². The Morgan fingerprint density at radius 3 is 2.13 bits per heavy atom. The van der Waals surface area contributed by atoms with Crippen molar-refractivity contribution in [1.82, 2.24) is 10.2 Å². The number of nitrogens with one attached hydrogen (secondary N) is 1. The first-order chi connectivity index (χ1) is 18.5. The van der Waals surface area contributed by atoms with Crippen molar-refractivity contribution in [1.29, 1.82) is 0 Å². The first kappa shape index (κ1) is 29.9. The summed E-state index contributed by atoms with van der Waals surface area (Å²) in [5.74, 6) is -0.456. The Bertz CT molecular complexity index is 1360. The van der Waals surface area contributed by atoms with Gasteiger partial charge in [0, 0.05) is 13.1 Å². The van der Waals surface area contributed by atoms with Crippen molar-refractivity contribution in [3.63, 3.8) is 0 Å². The van der Waals surface area contributed by atoms with Gasteiger partial charge in [-0.25, -0.2) is 8.42 Å². The van der Waals surface area contributed by atoms with Crippen molar-refractivity contribution in [2.24, 2.45) is 5.92 Å². The molecule has 0 heterocycles. The van der Waals surface area contributed by atoms with Crippen molar-refractivity contribution < 1.29 is 18.0 Å². The quantitative estimate of drug-likeness (QED) is 0.341. The lowest BCUT2D eigenvalue weighted by Crippen LogP contribution is -2.52. The maximum absolute atomic E-state index is 14.0. The van der Waals surface area contributed by atoms with E-state index in [0.717, 1.165) is 21.0 Å². The van der Waals surface area contributed by atoms with Crippen LogP contribution in [0.15, 0.2) is 83.8 Å². The zero-order chi connectivity index (χ0) is 28.6. The van der Waals surface area contributed by atoms with E-state index in [-0.39, 0.29) is 23.3 Å². The number of hydrogen-bond donors (Lipinski definition) is 1. The minimum Gasteiger partial charge on any atom is -0.354 e. The Morgan fingerprint density at radius 2 is 1.54 bits per heavy atom. The second-order valence-corrected chi connectivity index (χ2v) is 12.1. The van der Waals surface area contributed by atoms with Crippen LogP contribution in [0.3, 0.4) is 0 Å². The number of nitrogens with zero attached hydrogens (tertiary/aromatic N) is 2. The number of benzene rings is 3. The van der Waals surface area contributed by atoms with Gasteiger partial charge < -0.3 is 10.2 Å². The number of carbonyl (C=O) groups is 2. The zero-order valence-corrected chi connectivity index (χ0v) is 24.2. The molecule has 0 aliphatic heterocycles. The first-order valence-corrected chi connectivity index (χ1v) is 14.7. The standard InChI is InChI=1S/C31H39N3O4S/c1-6-29(31(36)32-20-23(2)3)33(21-26-12-10-11-25(5)19-26)30(35)22-34(27-13-8-7-9-14-27)39(37,38)28-17-15-24(4)16-18-28/h7-19,23,29H,6,20-22H2,1-5H3,(H,32,36). The van der Waals surface area contributed by atoms with E-state index in [2.05, 4.69) is 5.32 Å². The molecule has 0 bridgehead atoms. The molecule has 1 N–H and O–H groups in total. The summed E-state index contributed by atoms with van der Waals surface area (Å²) in [6.07, 6.45) is 0.386. The fourth-order valence-electron chi connectivity index (χ4n) is 4.31. The molecule has 3 rings (SSSR count). The minimum absolute atomic E-state index is 0.0942. The van der Waals surface area contributed by atoms with Gasteiger partial charge in [0.1, 0.15) is 12.6 Å². The van der Waals surface area contributed by atoms with Gasteiger partial charge in [-0.1, -0.05) is 86.5 Å². The van der Waals surface area contributed by atoms with Crippen molar-refractivity contribution in [3.8, 4) is 0 Å². The molecule has 7 nitrogen and oxygen atoms in total. The Labute approximate surface area is 232 Å². The fraction of sp³-hybridized carbons (Fsp3) is 0.355. The summed E-state index contributed by atoms with van der Waals surface area (Å²) in [7, 11) is -4.07. The van der Waals surface area contributed by atoms with E-state index in [9.17, 15) is 18.0 Å². The van der Waals surface area contributed by atoms with Crippen LogP contribution in [0.2, 0.25) is 0 Å². The molecule has 1 atom stereocenters. The van der Waals surface area contributed by atoms with Crippen molar-refractivity contribution in [3.05, 3.63) is 95.6 Å². The molecule has 0 aliphatic rings. The summed E-state index contributed by atoms with van der Waals surface area (Å²) in [6.45, 7) is 9.94. The zero-order valence-electron chi connectivity index (χ0n) is 23.4. The molecule has 8 heteroatoms. The summed E-state index contributed by atoms with van der Waals surface area (Å²) in [5, 5.41) is 2.95. The SMILES string of the molecule is CCC(C(=O)NCC(C)C)N(Cc1cccc(C)c1)C(=O)CN(c1ccccc1)S(=O)(=O)c1ccc(C)cc1. The highest BCUT2D eigenvalue weighted by Crippen LogP contribution is 2.25. The van der Waals surface area contributed by atoms with Crippen LogP contribution in [0.25, 0.3) is 0 Å². The summed E-state index contributed by atoms with van der Waals surface area (Å²) >= 11 is 0. The lowest BCUT2D eigenvalue weighted by molar-refractivity contribution is -0.140. The second kappa shape index (κ2) is 13.4. The Morgan fingerprint density at radius 1 is 0.872 bits per heavy atom. The number of hydrogen-bond acceptors (Lipinski definition) is 4. The third kappa shape index (κ3) is 7.93. The van der Waals surface area contributed by atoms with Crippen LogP contribution in [0.4, 0.5) is 5.69 Å². The molecule has 0 saturated heterocycles. The fourth-order valence-corrected chi connectivity index (χ4v) is 5.72. The van der Waals surface area contributed by atoms with E-state index in [0.29, 0.717) is 18.7 Å². The van der Waals surface area contributed by atoms with Gasteiger partial charge in [0.2, 0.25) is 11.8 Å². The van der Waals surface area contributed by atoms with Gasteiger partial charge in [-0.05, 0) is 56.0 Å². The van der Waals surface area contributed by atoms with E-state index < -0.39 is 28.5 Å². The van der Waals surface area contributed by atoms with E-state index in [1.54, 1.807) is 54.6 Å². The van der Waals surface area contributed by atoms with Gasteiger partial charge in [0.25, 0.3) is 10.0 Å². The topological polar surface area (TPSA) is 86.8 Å². The van der Waals surface area contributed by atoms with Gasteiger partial charge in [-0.3, -0.25) is 13.9 Å². The molecule has 0 saturated carbocycles. The second-order valence-electron chi connectivity index (χ2n) is 10.2. The van der Waals surface area contributed by atoms with Crippen LogP contribution < -0.4 is 9.62 Å². The third-order valence-electron chi connectivity index (χ3n) is 6.44. The predicted octanol–water partition coefficient (Wildman–Crippen LogP) is 5.08. The minimum atomic E-state index is -4.07. The van der Waals surface area contributed by atoms with Crippen molar-refractivity contribution in [2.75, 3.05) is 17.4 Å². The Kier molecular flexibility index (Phi) is 10.3. The maximum Gasteiger partial charge on any atom is 0.264 e. The van der Waals surface area contributed by atoms with Crippen LogP contribution in [0.1, 0.15) is 43.9 Å². The van der Waals surface area contributed by atoms with E-state index in [1.165, 1.54) is 4.90 Å². The van der Waals surface area contributed by atoms with Crippen LogP contribution in [0, 0.1) is 19.8 Å². The number of carbonyl (C=O) groups excluding carboxylic acids is 2. The lowest BCUT2D eigenvalue weighted by atomic mass is 10.1. The lowest BCUT2D eigenvalue weighted by Gasteiger charge is -2.33. The molecule has 1 unspecified atom stereocenters. The summed E-state index contributed by atoms with van der Waals surface area (Å²) < 4.78 is 28.8. The summed E-state index contributed by atoms with van der Waals surface area (Å²) in [6, 6.07) is 22.1. The summed E-state index contributed by atoms with van der Waals surface area (Å²) in [4.78, 5) is 28.9. The van der Waals surface area contributed by atoms with Crippen LogP contribution >= 0.6 is 0 Å². The number of anilines is 1. The van der Waals surface area contributed by atoms with E-state index in [4.69, 9.17) is 0 Å². The number of para-hydroxylation sites is 1. The highest BCUT2D eigenvalue weighted by Gasteiger charge is 2.33. The van der Waals surface area contributed by atoms with Gasteiger partial charge in [0.15, 0.2) is 0 Å². The van der Waals surface area contributed by atoms with Gasteiger partial charge in [-0.2, -0.15) is 0 Å². The molecule has 208 valence electrons. The predicted molar refractivity (Wildman–Crippen MR) is 156 cm³/mol. The molecule has 0 spiro atoms. The molecule has 2 amide bonds.